The fourth-order valence-corrected chi connectivity index (χ4v) is 2.41. The lowest BCUT2D eigenvalue weighted by Gasteiger charge is -2.20. The van der Waals surface area contributed by atoms with Crippen molar-refractivity contribution in [1.29, 1.82) is 0 Å². The van der Waals surface area contributed by atoms with Gasteiger partial charge in [-0.2, -0.15) is 5.10 Å². The molecule has 2 rings (SSSR count). The van der Waals surface area contributed by atoms with Crippen LogP contribution in [0.15, 0.2) is 18.5 Å². The minimum atomic E-state index is -0.536. The zero-order chi connectivity index (χ0) is 15.4. The topological polar surface area (TPSA) is 42.7 Å². The van der Waals surface area contributed by atoms with E-state index in [0.29, 0.717) is 30.9 Å². The van der Waals surface area contributed by atoms with Gasteiger partial charge in [-0.05, 0) is 32.0 Å². The highest BCUT2D eigenvalue weighted by molar-refractivity contribution is 5.30. The van der Waals surface area contributed by atoms with Crippen LogP contribution in [-0.2, 0) is 13.0 Å². The van der Waals surface area contributed by atoms with Gasteiger partial charge in [-0.1, -0.05) is 13.0 Å². The van der Waals surface area contributed by atoms with E-state index in [9.17, 15) is 8.78 Å². The summed E-state index contributed by atoms with van der Waals surface area (Å²) in [7, 11) is 0. The van der Waals surface area contributed by atoms with Gasteiger partial charge in [0, 0.05) is 24.6 Å². The molecule has 0 amide bonds. The Hall–Kier alpha value is -1.82. The predicted octanol–water partition coefficient (Wildman–Crippen LogP) is 2.78. The zero-order valence-corrected chi connectivity index (χ0v) is 12.5. The quantitative estimate of drug-likeness (QED) is 0.891. The van der Waals surface area contributed by atoms with Gasteiger partial charge in [0.1, 0.15) is 23.8 Å². The summed E-state index contributed by atoms with van der Waals surface area (Å²) in [6, 6.07) is 2.29. The van der Waals surface area contributed by atoms with Gasteiger partial charge < -0.3 is 5.32 Å². The van der Waals surface area contributed by atoms with Crippen LogP contribution >= 0.6 is 0 Å². The second-order valence-corrected chi connectivity index (χ2v) is 4.90. The van der Waals surface area contributed by atoms with Crippen molar-refractivity contribution in [3.63, 3.8) is 0 Å². The van der Waals surface area contributed by atoms with Crippen molar-refractivity contribution >= 4 is 0 Å². The molecular formula is C15H20F2N4. The van der Waals surface area contributed by atoms with Gasteiger partial charge in [-0.25, -0.2) is 13.8 Å². The lowest BCUT2D eigenvalue weighted by Crippen LogP contribution is -2.26. The first kappa shape index (κ1) is 15.6. The van der Waals surface area contributed by atoms with Crippen molar-refractivity contribution < 1.29 is 8.78 Å². The van der Waals surface area contributed by atoms with Crippen LogP contribution < -0.4 is 5.32 Å². The smallest absolute Gasteiger partial charge is 0.138 e. The fourth-order valence-electron chi connectivity index (χ4n) is 2.41. The van der Waals surface area contributed by atoms with Crippen molar-refractivity contribution in [2.24, 2.45) is 0 Å². The number of likely N-dealkylation sites (N-methyl/N-ethyl adjacent to an activating group) is 1. The Kier molecular flexibility index (Phi) is 5.01. The van der Waals surface area contributed by atoms with Crippen LogP contribution in [0.25, 0.3) is 0 Å². The third-order valence-corrected chi connectivity index (χ3v) is 3.50. The molecule has 1 N–H and O–H groups in total. The maximum absolute atomic E-state index is 14.3. The average Bonchev–Trinajstić information content (AvgIpc) is 2.91. The van der Waals surface area contributed by atoms with Gasteiger partial charge in [0.05, 0.1) is 0 Å². The summed E-state index contributed by atoms with van der Waals surface area (Å²) in [5.74, 6) is -0.320. The summed E-state index contributed by atoms with van der Waals surface area (Å²) in [5.41, 5.74) is 0.508. The van der Waals surface area contributed by atoms with Crippen molar-refractivity contribution in [3.8, 4) is 0 Å². The Morgan fingerprint density at radius 3 is 2.71 bits per heavy atom. The predicted molar refractivity (Wildman–Crippen MR) is 76.9 cm³/mol. The minimum absolute atomic E-state index is 0.0718. The molecule has 0 aliphatic rings. The molecule has 0 aliphatic heterocycles. The first-order valence-electron chi connectivity index (χ1n) is 7.13. The number of nitrogens with zero attached hydrogens (tertiary/aromatic N) is 3. The molecule has 0 saturated heterocycles. The first-order valence-corrected chi connectivity index (χ1v) is 7.13. The Morgan fingerprint density at radius 2 is 2.05 bits per heavy atom. The maximum Gasteiger partial charge on any atom is 0.138 e. The molecule has 0 aliphatic carbocycles. The number of hydrogen-bond donors (Lipinski definition) is 1. The molecule has 2 aromatic rings. The average molecular weight is 294 g/mol. The number of aryl methyl sites for hydroxylation is 2. The molecule has 1 atom stereocenters. The summed E-state index contributed by atoms with van der Waals surface area (Å²) in [4.78, 5) is 4.18. The molecule has 0 fully saturated rings. The van der Waals surface area contributed by atoms with E-state index in [1.54, 1.807) is 11.6 Å². The van der Waals surface area contributed by atoms with Gasteiger partial charge in [0.25, 0.3) is 0 Å². The number of hydrogen-bond acceptors (Lipinski definition) is 3. The Morgan fingerprint density at radius 1 is 1.29 bits per heavy atom. The molecule has 1 aromatic carbocycles. The first-order chi connectivity index (χ1) is 10.1. The highest BCUT2D eigenvalue weighted by Gasteiger charge is 2.23. The van der Waals surface area contributed by atoms with Crippen LogP contribution in [0.1, 0.15) is 36.8 Å². The number of benzene rings is 1. The SMILES string of the molecule is CCNC(Cc1ncnn1CC)c1c(F)ccc(C)c1F. The van der Waals surface area contributed by atoms with E-state index in [1.165, 1.54) is 18.5 Å². The largest absolute Gasteiger partial charge is 0.310 e. The van der Waals surface area contributed by atoms with Crippen molar-refractivity contribution in [3.05, 3.63) is 47.0 Å². The maximum atomic E-state index is 14.3. The minimum Gasteiger partial charge on any atom is -0.310 e. The molecule has 0 saturated carbocycles. The van der Waals surface area contributed by atoms with Crippen LogP contribution in [0.4, 0.5) is 8.78 Å². The Balaban J connectivity index is 2.38. The van der Waals surface area contributed by atoms with Crippen LogP contribution in [0, 0.1) is 18.6 Å². The van der Waals surface area contributed by atoms with E-state index in [2.05, 4.69) is 15.4 Å². The molecule has 0 bridgehead atoms. The molecule has 1 unspecified atom stereocenters. The third-order valence-electron chi connectivity index (χ3n) is 3.50. The molecule has 1 heterocycles. The third kappa shape index (κ3) is 3.26. The number of halogens is 2. The lowest BCUT2D eigenvalue weighted by atomic mass is 9.99. The van der Waals surface area contributed by atoms with E-state index >= 15 is 0 Å². The number of rotatable bonds is 6. The second kappa shape index (κ2) is 6.76. The number of aromatic nitrogens is 3. The summed E-state index contributed by atoms with van der Waals surface area (Å²) in [6.45, 7) is 6.78. The van der Waals surface area contributed by atoms with E-state index in [1.807, 2.05) is 13.8 Å². The summed E-state index contributed by atoms with van der Waals surface area (Å²) in [6.07, 6.45) is 1.85. The van der Waals surface area contributed by atoms with E-state index in [4.69, 9.17) is 0 Å². The van der Waals surface area contributed by atoms with E-state index in [0.717, 1.165) is 0 Å². The van der Waals surface area contributed by atoms with Crippen molar-refractivity contribution in [2.45, 2.75) is 39.8 Å². The number of nitrogens with one attached hydrogen (secondary N) is 1. The molecule has 1 aromatic heterocycles. The van der Waals surface area contributed by atoms with Gasteiger partial charge in [-0.15, -0.1) is 0 Å². The van der Waals surface area contributed by atoms with Gasteiger partial charge in [0.15, 0.2) is 0 Å². The van der Waals surface area contributed by atoms with Crippen molar-refractivity contribution in [2.75, 3.05) is 6.54 Å². The van der Waals surface area contributed by atoms with Crippen LogP contribution in [0.5, 0.6) is 0 Å². The van der Waals surface area contributed by atoms with Gasteiger partial charge >= 0.3 is 0 Å². The highest BCUT2D eigenvalue weighted by atomic mass is 19.1. The molecule has 21 heavy (non-hydrogen) atoms. The molecule has 6 heteroatoms. The van der Waals surface area contributed by atoms with Gasteiger partial charge in [-0.3, -0.25) is 4.68 Å². The van der Waals surface area contributed by atoms with Crippen molar-refractivity contribution in [1.82, 2.24) is 20.1 Å². The molecule has 4 nitrogen and oxygen atoms in total. The van der Waals surface area contributed by atoms with Crippen LogP contribution in [0.2, 0.25) is 0 Å². The highest BCUT2D eigenvalue weighted by Crippen LogP contribution is 2.25. The van der Waals surface area contributed by atoms with Crippen LogP contribution in [0.3, 0.4) is 0 Å². The zero-order valence-electron chi connectivity index (χ0n) is 12.5. The lowest BCUT2D eigenvalue weighted by molar-refractivity contribution is 0.454. The molecule has 0 radical (unpaired) electrons. The van der Waals surface area contributed by atoms with Crippen LogP contribution in [-0.4, -0.2) is 21.3 Å². The van der Waals surface area contributed by atoms with Gasteiger partial charge in [0.2, 0.25) is 0 Å². The summed E-state index contributed by atoms with van der Waals surface area (Å²) in [5, 5.41) is 7.23. The van der Waals surface area contributed by atoms with E-state index < -0.39 is 17.7 Å². The summed E-state index contributed by atoms with van der Waals surface area (Å²) >= 11 is 0. The van der Waals surface area contributed by atoms with E-state index in [-0.39, 0.29) is 5.56 Å². The molecular weight excluding hydrogens is 274 g/mol. The standard InChI is InChI=1S/C15H20F2N4/c1-4-18-12(8-13-19-9-20-21(13)5-2)14-11(16)7-6-10(3)15(14)17/h6-7,9,12,18H,4-5,8H2,1-3H3. The Labute approximate surface area is 123 Å². The normalized spacial score (nSPS) is 12.6. The fraction of sp³-hybridized carbons (Fsp3) is 0.467. The molecule has 114 valence electrons. The summed E-state index contributed by atoms with van der Waals surface area (Å²) < 4.78 is 30.1. The monoisotopic (exact) mass is 294 g/mol. The molecule has 0 spiro atoms. The Bertz CT molecular complexity index is 610. The second-order valence-electron chi connectivity index (χ2n) is 4.90.